The Bertz CT molecular complexity index is 1270. The van der Waals surface area contributed by atoms with Crippen molar-refractivity contribution in [3.05, 3.63) is 106 Å². The molecule has 2 aliphatic rings. The molecule has 0 unspecified atom stereocenters. The summed E-state index contributed by atoms with van der Waals surface area (Å²) in [6.45, 7) is 0.700. The SMILES string of the molecule is N#CC1=C2SCN(c3ccccc3F)CN2C(=O)C[C@@H]1c1ccc(OCc2ccccc2)cc1. The lowest BCUT2D eigenvalue weighted by Gasteiger charge is -2.42. The fraction of sp³-hybridized carbons (Fsp3) is 0.185. The van der Waals surface area contributed by atoms with Gasteiger partial charge in [-0.1, -0.05) is 66.4 Å². The maximum Gasteiger partial charge on any atom is 0.229 e. The zero-order valence-corrected chi connectivity index (χ0v) is 19.2. The molecule has 34 heavy (non-hydrogen) atoms. The van der Waals surface area contributed by atoms with E-state index in [4.69, 9.17) is 4.74 Å². The number of hydrogen-bond acceptors (Lipinski definition) is 5. The number of ether oxygens (including phenoxy) is 1. The van der Waals surface area contributed by atoms with E-state index in [0.29, 0.717) is 28.8 Å². The molecule has 2 heterocycles. The fourth-order valence-corrected chi connectivity index (χ4v) is 5.40. The van der Waals surface area contributed by atoms with Crippen LogP contribution < -0.4 is 9.64 Å². The number of benzene rings is 3. The number of para-hydroxylation sites is 1. The number of nitrogens with zero attached hydrogens (tertiary/aromatic N) is 3. The van der Waals surface area contributed by atoms with E-state index >= 15 is 0 Å². The number of hydrogen-bond donors (Lipinski definition) is 0. The first-order valence-electron chi connectivity index (χ1n) is 11.0. The minimum absolute atomic E-state index is 0.0723. The van der Waals surface area contributed by atoms with Crippen molar-refractivity contribution in [2.24, 2.45) is 0 Å². The summed E-state index contributed by atoms with van der Waals surface area (Å²) in [5.74, 6) is 0.490. The maximum atomic E-state index is 14.3. The Morgan fingerprint density at radius 2 is 1.76 bits per heavy atom. The number of anilines is 1. The molecule has 2 aliphatic heterocycles. The fourth-order valence-electron chi connectivity index (χ4n) is 4.25. The minimum atomic E-state index is -0.326. The van der Waals surface area contributed by atoms with E-state index in [0.717, 1.165) is 16.9 Å². The summed E-state index contributed by atoms with van der Waals surface area (Å²) in [5.41, 5.74) is 3.02. The molecule has 170 valence electrons. The smallest absolute Gasteiger partial charge is 0.229 e. The molecule has 0 N–H and O–H groups in total. The number of fused-ring (bicyclic) bond motifs is 1. The van der Waals surface area contributed by atoms with E-state index in [1.165, 1.54) is 17.8 Å². The van der Waals surface area contributed by atoms with Crippen molar-refractivity contribution in [1.29, 1.82) is 5.26 Å². The van der Waals surface area contributed by atoms with Gasteiger partial charge in [-0.25, -0.2) is 4.39 Å². The van der Waals surface area contributed by atoms with Crippen LogP contribution in [0.3, 0.4) is 0 Å². The molecular weight excluding hydrogens is 449 g/mol. The van der Waals surface area contributed by atoms with Gasteiger partial charge in [0.2, 0.25) is 5.91 Å². The average Bonchev–Trinajstić information content (AvgIpc) is 2.88. The molecule has 1 atom stereocenters. The van der Waals surface area contributed by atoms with Gasteiger partial charge >= 0.3 is 0 Å². The average molecular weight is 472 g/mol. The first kappa shape index (κ1) is 22.1. The van der Waals surface area contributed by atoms with E-state index in [9.17, 15) is 14.4 Å². The van der Waals surface area contributed by atoms with Gasteiger partial charge in [-0.2, -0.15) is 5.26 Å². The quantitative estimate of drug-likeness (QED) is 0.483. The number of thioether (sulfide) groups is 1. The Labute approximate surface area is 202 Å². The van der Waals surface area contributed by atoms with Crippen LogP contribution in [0, 0.1) is 17.1 Å². The van der Waals surface area contributed by atoms with Crippen molar-refractivity contribution in [3.8, 4) is 11.8 Å². The number of halogens is 1. The van der Waals surface area contributed by atoms with Gasteiger partial charge in [0.15, 0.2) is 0 Å². The molecule has 3 aromatic rings. The molecule has 1 amide bonds. The van der Waals surface area contributed by atoms with Crippen LogP contribution in [-0.4, -0.2) is 23.4 Å². The number of nitriles is 1. The molecular formula is C27H22FN3O2S. The largest absolute Gasteiger partial charge is 0.489 e. The Hall–Kier alpha value is -3.76. The standard InChI is InChI=1S/C27H22FN3O2S/c28-24-8-4-5-9-25(24)30-17-31-26(32)14-22(23(15-29)27(31)34-18-30)20-10-12-21(13-11-20)33-16-19-6-2-1-3-7-19/h1-13,22H,14,16-18H2/t22-/m1/s1. The molecule has 0 spiro atoms. The number of carbonyl (C=O) groups is 1. The van der Waals surface area contributed by atoms with Gasteiger partial charge in [0.25, 0.3) is 0 Å². The number of carbonyl (C=O) groups excluding carboxylic acids is 1. The molecule has 0 radical (unpaired) electrons. The van der Waals surface area contributed by atoms with Gasteiger partial charge < -0.3 is 9.64 Å². The Morgan fingerprint density at radius 1 is 1.03 bits per heavy atom. The Kier molecular flexibility index (Phi) is 6.24. The normalized spacial score (nSPS) is 17.9. The first-order chi connectivity index (χ1) is 16.6. The minimum Gasteiger partial charge on any atom is -0.489 e. The highest BCUT2D eigenvalue weighted by atomic mass is 32.2. The van der Waals surface area contributed by atoms with Crippen LogP contribution in [-0.2, 0) is 11.4 Å². The molecule has 0 aromatic heterocycles. The molecule has 7 heteroatoms. The highest BCUT2D eigenvalue weighted by molar-refractivity contribution is 8.03. The number of amides is 1. The zero-order valence-electron chi connectivity index (χ0n) is 18.4. The molecule has 1 fully saturated rings. The van der Waals surface area contributed by atoms with Gasteiger partial charge in [0.05, 0.1) is 34.9 Å². The lowest BCUT2D eigenvalue weighted by atomic mass is 9.86. The van der Waals surface area contributed by atoms with E-state index in [-0.39, 0.29) is 30.7 Å². The van der Waals surface area contributed by atoms with E-state index in [1.807, 2.05) is 59.5 Å². The van der Waals surface area contributed by atoms with Crippen LogP contribution in [0.2, 0.25) is 0 Å². The van der Waals surface area contributed by atoms with Gasteiger partial charge in [-0.15, -0.1) is 0 Å². The van der Waals surface area contributed by atoms with Gasteiger partial charge in [-0.05, 0) is 35.4 Å². The van der Waals surface area contributed by atoms with Gasteiger partial charge in [0, 0.05) is 12.3 Å². The second-order valence-electron chi connectivity index (χ2n) is 8.16. The Balaban J connectivity index is 1.34. The molecule has 5 nitrogen and oxygen atoms in total. The molecule has 0 saturated carbocycles. The molecule has 5 rings (SSSR count). The van der Waals surface area contributed by atoms with Crippen molar-refractivity contribution >= 4 is 23.4 Å². The lowest BCUT2D eigenvalue weighted by molar-refractivity contribution is -0.129. The molecule has 0 bridgehead atoms. The summed E-state index contributed by atoms with van der Waals surface area (Å²) in [7, 11) is 0. The summed E-state index contributed by atoms with van der Waals surface area (Å²) in [6, 6.07) is 26.4. The second kappa shape index (κ2) is 9.62. The van der Waals surface area contributed by atoms with Crippen LogP contribution in [0.15, 0.2) is 89.5 Å². The number of rotatable bonds is 5. The van der Waals surface area contributed by atoms with Crippen molar-refractivity contribution in [2.45, 2.75) is 18.9 Å². The highest BCUT2D eigenvalue weighted by Crippen LogP contribution is 2.43. The summed E-state index contributed by atoms with van der Waals surface area (Å²) in [5, 5.41) is 10.6. The number of allylic oxidation sites excluding steroid dienone is 1. The predicted octanol–water partition coefficient (Wildman–Crippen LogP) is 5.62. The van der Waals surface area contributed by atoms with Crippen molar-refractivity contribution in [3.63, 3.8) is 0 Å². The summed E-state index contributed by atoms with van der Waals surface area (Å²) < 4.78 is 20.1. The lowest BCUT2D eigenvalue weighted by Crippen LogP contribution is -2.47. The van der Waals surface area contributed by atoms with Crippen LogP contribution in [0.4, 0.5) is 10.1 Å². The highest BCUT2D eigenvalue weighted by Gasteiger charge is 2.38. The Morgan fingerprint density at radius 3 is 2.50 bits per heavy atom. The molecule has 3 aromatic carbocycles. The van der Waals surface area contributed by atoms with Crippen molar-refractivity contribution in [2.75, 3.05) is 17.4 Å². The van der Waals surface area contributed by atoms with Gasteiger partial charge in [0.1, 0.15) is 18.2 Å². The monoisotopic (exact) mass is 471 g/mol. The third-order valence-electron chi connectivity index (χ3n) is 6.02. The zero-order chi connectivity index (χ0) is 23.5. The topological polar surface area (TPSA) is 56.6 Å². The molecule has 1 saturated heterocycles. The van der Waals surface area contributed by atoms with Crippen LogP contribution in [0.1, 0.15) is 23.5 Å². The summed E-state index contributed by atoms with van der Waals surface area (Å²) in [4.78, 5) is 16.5. The van der Waals surface area contributed by atoms with Crippen molar-refractivity contribution < 1.29 is 13.9 Å². The molecule has 0 aliphatic carbocycles. The van der Waals surface area contributed by atoms with Gasteiger partial charge in [-0.3, -0.25) is 9.69 Å². The van der Waals surface area contributed by atoms with Crippen molar-refractivity contribution in [1.82, 2.24) is 4.90 Å². The summed E-state index contributed by atoms with van der Waals surface area (Å²) in [6.07, 6.45) is 0.197. The van der Waals surface area contributed by atoms with E-state index in [2.05, 4.69) is 6.07 Å². The van der Waals surface area contributed by atoms with E-state index < -0.39 is 0 Å². The second-order valence-corrected chi connectivity index (χ2v) is 9.09. The van der Waals surface area contributed by atoms with E-state index in [1.54, 1.807) is 23.1 Å². The predicted molar refractivity (Wildman–Crippen MR) is 130 cm³/mol. The maximum absolute atomic E-state index is 14.3. The third-order valence-corrected chi connectivity index (χ3v) is 7.17. The van der Waals surface area contributed by atoms with Crippen LogP contribution in [0.5, 0.6) is 5.75 Å². The third kappa shape index (κ3) is 4.37. The van der Waals surface area contributed by atoms with Crippen LogP contribution >= 0.6 is 11.8 Å². The first-order valence-corrected chi connectivity index (χ1v) is 12.0. The summed E-state index contributed by atoms with van der Waals surface area (Å²) >= 11 is 1.40. The van der Waals surface area contributed by atoms with Crippen LogP contribution in [0.25, 0.3) is 0 Å².